The third-order valence-electron chi connectivity index (χ3n) is 6.11. The van der Waals surface area contributed by atoms with Crippen molar-refractivity contribution in [1.29, 1.82) is 0 Å². The standard InChI is InChI=1S/C24H19F4N3O/c25-17-10-4-8-15(12-17)22-19-20(14-6-2-1-3-7-14)29-30-21(19)23(32)31(22)18-11-5-9-16(13-18)24(26,27)28/h1-13,19-22,29-30H. The van der Waals surface area contributed by atoms with Crippen LogP contribution in [0.1, 0.15) is 28.8 Å². The first-order valence-corrected chi connectivity index (χ1v) is 10.2. The van der Waals surface area contributed by atoms with E-state index in [4.69, 9.17) is 0 Å². The smallest absolute Gasteiger partial charge is 0.303 e. The van der Waals surface area contributed by atoms with Crippen molar-refractivity contribution in [1.82, 2.24) is 10.9 Å². The van der Waals surface area contributed by atoms with Gasteiger partial charge in [-0.2, -0.15) is 13.2 Å². The van der Waals surface area contributed by atoms with Crippen molar-refractivity contribution in [2.75, 3.05) is 4.90 Å². The van der Waals surface area contributed by atoms with Crippen molar-refractivity contribution in [3.05, 3.63) is 101 Å². The number of hydrogen-bond acceptors (Lipinski definition) is 3. The fraction of sp³-hybridized carbons (Fsp3) is 0.208. The Balaban J connectivity index is 1.65. The molecule has 8 heteroatoms. The summed E-state index contributed by atoms with van der Waals surface area (Å²) in [5.74, 6) is -1.21. The lowest BCUT2D eigenvalue weighted by Gasteiger charge is -2.31. The van der Waals surface area contributed by atoms with E-state index >= 15 is 0 Å². The van der Waals surface area contributed by atoms with Gasteiger partial charge in [-0.3, -0.25) is 4.79 Å². The normalized spacial score (nSPS) is 25.2. The number of hydrogen-bond donors (Lipinski definition) is 2. The molecule has 4 nitrogen and oxygen atoms in total. The van der Waals surface area contributed by atoms with Gasteiger partial charge < -0.3 is 4.90 Å². The molecule has 0 saturated carbocycles. The maximum atomic E-state index is 14.1. The number of halogens is 4. The highest BCUT2D eigenvalue weighted by atomic mass is 19.4. The van der Waals surface area contributed by atoms with Gasteiger partial charge in [-0.25, -0.2) is 15.2 Å². The molecule has 2 saturated heterocycles. The lowest BCUT2D eigenvalue weighted by atomic mass is 9.83. The summed E-state index contributed by atoms with van der Waals surface area (Å²) in [5, 5.41) is 0. The summed E-state index contributed by atoms with van der Waals surface area (Å²) >= 11 is 0. The van der Waals surface area contributed by atoms with Crippen LogP contribution in [-0.2, 0) is 11.0 Å². The van der Waals surface area contributed by atoms with Crippen molar-refractivity contribution in [3.8, 4) is 0 Å². The van der Waals surface area contributed by atoms with E-state index in [2.05, 4.69) is 10.9 Å². The Kier molecular flexibility index (Phi) is 4.98. The maximum absolute atomic E-state index is 14.1. The molecule has 5 rings (SSSR count). The number of fused-ring (bicyclic) bond motifs is 1. The second-order valence-corrected chi connectivity index (χ2v) is 7.99. The van der Waals surface area contributed by atoms with Gasteiger partial charge in [0.2, 0.25) is 5.91 Å². The molecular formula is C24H19F4N3O. The number of hydrazine groups is 1. The highest BCUT2D eigenvalue weighted by Crippen LogP contribution is 2.49. The lowest BCUT2D eigenvalue weighted by molar-refractivity contribution is -0.137. The van der Waals surface area contributed by atoms with Crippen molar-refractivity contribution >= 4 is 11.6 Å². The van der Waals surface area contributed by atoms with Crippen LogP contribution in [-0.4, -0.2) is 11.9 Å². The molecule has 3 aromatic carbocycles. The van der Waals surface area contributed by atoms with Crippen LogP contribution in [0.15, 0.2) is 78.9 Å². The molecule has 164 valence electrons. The van der Waals surface area contributed by atoms with Gasteiger partial charge in [-0.15, -0.1) is 0 Å². The Hall–Kier alpha value is -3.23. The van der Waals surface area contributed by atoms with Crippen molar-refractivity contribution < 1.29 is 22.4 Å². The number of amides is 1. The van der Waals surface area contributed by atoms with Crippen LogP contribution in [0.5, 0.6) is 0 Å². The molecule has 2 fully saturated rings. The summed E-state index contributed by atoms with van der Waals surface area (Å²) in [6, 6.07) is 18.4. The van der Waals surface area contributed by atoms with E-state index in [0.717, 1.165) is 17.7 Å². The van der Waals surface area contributed by atoms with Gasteiger partial charge in [-0.05, 0) is 41.5 Å². The Morgan fingerprint density at radius 2 is 1.47 bits per heavy atom. The summed E-state index contributed by atoms with van der Waals surface area (Å²) in [5.41, 5.74) is 6.90. The zero-order valence-electron chi connectivity index (χ0n) is 16.7. The fourth-order valence-electron chi connectivity index (χ4n) is 4.76. The van der Waals surface area contributed by atoms with Crippen LogP contribution in [0.25, 0.3) is 0 Å². The molecule has 3 aromatic rings. The van der Waals surface area contributed by atoms with Crippen molar-refractivity contribution in [2.24, 2.45) is 5.92 Å². The van der Waals surface area contributed by atoms with Crippen LogP contribution in [0.4, 0.5) is 23.2 Å². The molecule has 0 bridgehead atoms. The second kappa shape index (κ2) is 7.72. The summed E-state index contributed by atoms with van der Waals surface area (Å²) in [4.78, 5) is 14.8. The predicted octanol–water partition coefficient (Wildman–Crippen LogP) is 4.77. The third-order valence-corrected chi connectivity index (χ3v) is 6.11. The Labute approximate surface area is 181 Å². The number of benzene rings is 3. The number of rotatable bonds is 3. The summed E-state index contributed by atoms with van der Waals surface area (Å²) in [7, 11) is 0. The van der Waals surface area contributed by atoms with Crippen LogP contribution >= 0.6 is 0 Å². The number of anilines is 1. The number of nitrogens with zero attached hydrogens (tertiary/aromatic N) is 1. The number of carbonyl (C=O) groups is 1. The topological polar surface area (TPSA) is 44.4 Å². The van der Waals surface area contributed by atoms with Crippen molar-refractivity contribution in [2.45, 2.75) is 24.3 Å². The highest BCUT2D eigenvalue weighted by molar-refractivity contribution is 6.01. The van der Waals surface area contributed by atoms with E-state index in [-0.39, 0.29) is 23.6 Å². The highest BCUT2D eigenvalue weighted by Gasteiger charge is 2.56. The molecular weight excluding hydrogens is 422 g/mol. The monoisotopic (exact) mass is 441 g/mol. The molecule has 0 aromatic heterocycles. The Morgan fingerprint density at radius 3 is 2.19 bits per heavy atom. The van der Waals surface area contributed by atoms with Gasteiger partial charge in [0.15, 0.2) is 0 Å². The molecule has 0 spiro atoms. The Bertz CT molecular complexity index is 1150. The van der Waals surface area contributed by atoms with E-state index in [1.807, 2.05) is 30.3 Å². The van der Waals surface area contributed by atoms with Crippen LogP contribution in [0.3, 0.4) is 0 Å². The van der Waals surface area contributed by atoms with E-state index in [9.17, 15) is 22.4 Å². The molecule has 1 amide bonds. The van der Waals surface area contributed by atoms with E-state index in [0.29, 0.717) is 5.56 Å². The van der Waals surface area contributed by atoms with E-state index < -0.39 is 29.6 Å². The number of alkyl halides is 3. The largest absolute Gasteiger partial charge is 0.416 e. The Morgan fingerprint density at radius 1 is 0.781 bits per heavy atom. The minimum Gasteiger partial charge on any atom is -0.303 e. The van der Waals surface area contributed by atoms with Gasteiger partial charge in [0.25, 0.3) is 0 Å². The maximum Gasteiger partial charge on any atom is 0.416 e. The SMILES string of the molecule is O=C1C2NNC(c3ccccc3)C2C(c2cccc(F)c2)N1c1cccc(C(F)(F)F)c1. The second-order valence-electron chi connectivity index (χ2n) is 7.99. The first-order chi connectivity index (χ1) is 15.3. The summed E-state index contributed by atoms with van der Waals surface area (Å²) in [6.45, 7) is 0. The fourth-order valence-corrected chi connectivity index (χ4v) is 4.76. The summed E-state index contributed by atoms with van der Waals surface area (Å²) in [6.07, 6.45) is -4.55. The molecule has 2 aliphatic rings. The van der Waals surface area contributed by atoms with Crippen LogP contribution < -0.4 is 15.8 Å². The molecule has 2 heterocycles. The molecule has 4 atom stereocenters. The molecule has 0 aliphatic carbocycles. The third kappa shape index (κ3) is 3.45. The zero-order chi connectivity index (χ0) is 22.5. The van der Waals surface area contributed by atoms with Gasteiger partial charge >= 0.3 is 6.18 Å². The molecule has 0 radical (unpaired) electrons. The molecule has 2 N–H and O–H groups in total. The van der Waals surface area contributed by atoms with Crippen LogP contribution in [0.2, 0.25) is 0 Å². The molecule has 2 aliphatic heterocycles. The van der Waals surface area contributed by atoms with Gasteiger partial charge in [0.05, 0.1) is 17.6 Å². The quantitative estimate of drug-likeness (QED) is 0.576. The van der Waals surface area contributed by atoms with Gasteiger partial charge in [0.1, 0.15) is 11.9 Å². The zero-order valence-corrected chi connectivity index (χ0v) is 16.7. The van der Waals surface area contributed by atoms with Gasteiger partial charge in [0, 0.05) is 11.6 Å². The average molecular weight is 441 g/mol. The minimum absolute atomic E-state index is 0.127. The summed E-state index contributed by atoms with van der Waals surface area (Å²) < 4.78 is 54.2. The first kappa shape index (κ1) is 20.7. The average Bonchev–Trinajstić information content (AvgIpc) is 3.33. The van der Waals surface area contributed by atoms with Crippen molar-refractivity contribution in [3.63, 3.8) is 0 Å². The minimum atomic E-state index is -4.55. The lowest BCUT2D eigenvalue weighted by Crippen LogP contribution is -2.41. The van der Waals surface area contributed by atoms with E-state index in [1.54, 1.807) is 12.1 Å². The first-order valence-electron chi connectivity index (χ1n) is 10.2. The van der Waals surface area contributed by atoms with E-state index in [1.165, 1.54) is 29.2 Å². The van der Waals surface area contributed by atoms with Gasteiger partial charge in [-0.1, -0.05) is 48.5 Å². The molecule has 4 unspecified atom stereocenters. The predicted molar refractivity (Wildman–Crippen MR) is 111 cm³/mol. The van der Waals surface area contributed by atoms with Crippen LogP contribution in [0, 0.1) is 11.7 Å². The number of nitrogens with one attached hydrogen (secondary N) is 2. The number of carbonyl (C=O) groups excluding carboxylic acids is 1. The molecule has 32 heavy (non-hydrogen) atoms.